The maximum Gasteiger partial charge on any atom is 0.164 e. The Morgan fingerprint density at radius 3 is 3.00 bits per heavy atom. The molecule has 0 radical (unpaired) electrons. The molecule has 0 N–H and O–H groups in total. The third-order valence-corrected chi connectivity index (χ3v) is 3.26. The minimum atomic E-state index is 0.283. The molecule has 0 saturated heterocycles. The predicted molar refractivity (Wildman–Crippen MR) is 65.0 cm³/mol. The van der Waals surface area contributed by atoms with E-state index in [2.05, 4.69) is 9.55 Å². The van der Waals surface area contributed by atoms with Gasteiger partial charge in [-0.3, -0.25) is 9.78 Å². The number of Topliss-reactive ketones (excluding diaryl/α,β-unsaturated/α-hetero) is 1. The third kappa shape index (κ3) is 1.88. The predicted octanol–water partition coefficient (Wildman–Crippen LogP) is 2.45. The Hall–Kier alpha value is -1.90. The Bertz CT molecular complexity index is 543. The molecule has 0 bridgehead atoms. The van der Waals surface area contributed by atoms with Crippen molar-refractivity contribution >= 4 is 5.78 Å². The molecule has 0 aliphatic heterocycles. The number of nitrogens with zero attached hydrogens (tertiary/aromatic N) is 2. The van der Waals surface area contributed by atoms with E-state index in [1.165, 1.54) is 5.69 Å². The van der Waals surface area contributed by atoms with Gasteiger partial charge in [0.05, 0.1) is 12.2 Å². The van der Waals surface area contributed by atoms with Crippen molar-refractivity contribution in [3.63, 3.8) is 0 Å². The van der Waals surface area contributed by atoms with Crippen molar-refractivity contribution in [1.29, 1.82) is 0 Å². The van der Waals surface area contributed by atoms with E-state index in [4.69, 9.17) is 0 Å². The van der Waals surface area contributed by atoms with E-state index in [1.54, 1.807) is 6.20 Å². The van der Waals surface area contributed by atoms with Crippen molar-refractivity contribution in [3.8, 4) is 0 Å². The molecule has 2 heterocycles. The molecule has 3 nitrogen and oxygen atoms in total. The lowest BCUT2D eigenvalue weighted by Gasteiger charge is -2.14. The van der Waals surface area contributed by atoms with Crippen molar-refractivity contribution in [3.05, 3.63) is 53.6 Å². The lowest BCUT2D eigenvalue weighted by molar-refractivity contribution is 0.0972. The molecule has 1 aliphatic rings. The van der Waals surface area contributed by atoms with Gasteiger partial charge in [-0.2, -0.15) is 0 Å². The highest BCUT2D eigenvalue weighted by Crippen LogP contribution is 2.22. The van der Waals surface area contributed by atoms with Crippen LogP contribution in [-0.2, 0) is 13.0 Å². The molecule has 3 heteroatoms. The minimum Gasteiger partial charge on any atom is -0.345 e. The van der Waals surface area contributed by atoms with Crippen LogP contribution in [0.15, 0.2) is 36.7 Å². The Labute approximate surface area is 100 Å². The molecule has 0 aromatic carbocycles. The van der Waals surface area contributed by atoms with E-state index in [1.807, 2.05) is 30.5 Å². The molecule has 0 unspecified atom stereocenters. The van der Waals surface area contributed by atoms with Crippen LogP contribution in [0.3, 0.4) is 0 Å². The standard InChI is InChI=1S/C14H14N2O/c17-14-6-3-5-13-12(14)7-9-16(13)10-11-4-1-2-8-15-11/h1-2,4,7-9H,3,5-6,10H2. The van der Waals surface area contributed by atoms with Crippen molar-refractivity contribution in [1.82, 2.24) is 9.55 Å². The molecule has 2 aromatic rings. The molecule has 0 saturated carbocycles. The molecule has 0 amide bonds. The van der Waals surface area contributed by atoms with Crippen molar-refractivity contribution in [2.24, 2.45) is 0 Å². The average molecular weight is 226 g/mol. The molecule has 1 aliphatic carbocycles. The van der Waals surface area contributed by atoms with E-state index in [0.717, 1.165) is 30.6 Å². The maximum atomic E-state index is 11.7. The number of hydrogen-bond acceptors (Lipinski definition) is 2. The van der Waals surface area contributed by atoms with Crippen LogP contribution in [0.2, 0.25) is 0 Å². The Balaban J connectivity index is 1.92. The smallest absolute Gasteiger partial charge is 0.164 e. The summed E-state index contributed by atoms with van der Waals surface area (Å²) in [5.41, 5.74) is 3.11. The zero-order valence-electron chi connectivity index (χ0n) is 9.60. The third-order valence-electron chi connectivity index (χ3n) is 3.26. The van der Waals surface area contributed by atoms with Gasteiger partial charge < -0.3 is 4.57 Å². The van der Waals surface area contributed by atoms with Crippen molar-refractivity contribution in [2.75, 3.05) is 0 Å². The first-order chi connectivity index (χ1) is 8.34. The summed E-state index contributed by atoms with van der Waals surface area (Å²) in [6.07, 6.45) is 6.47. The molecule has 0 fully saturated rings. The molecule has 86 valence electrons. The van der Waals surface area contributed by atoms with E-state index in [9.17, 15) is 4.79 Å². The molecule has 0 atom stereocenters. The van der Waals surface area contributed by atoms with Gasteiger partial charge in [0.25, 0.3) is 0 Å². The fourth-order valence-electron chi connectivity index (χ4n) is 2.40. The first-order valence-corrected chi connectivity index (χ1v) is 5.96. The summed E-state index contributed by atoms with van der Waals surface area (Å²) in [5.74, 6) is 0.283. The first kappa shape index (κ1) is 10.3. The second-order valence-electron chi connectivity index (χ2n) is 4.40. The van der Waals surface area contributed by atoms with Gasteiger partial charge in [0.1, 0.15) is 0 Å². The Kier molecular flexibility index (Phi) is 2.52. The van der Waals surface area contributed by atoms with Gasteiger partial charge in [-0.1, -0.05) is 6.07 Å². The van der Waals surface area contributed by atoms with Crippen LogP contribution >= 0.6 is 0 Å². The van der Waals surface area contributed by atoms with Crippen LogP contribution in [0.25, 0.3) is 0 Å². The number of hydrogen-bond donors (Lipinski definition) is 0. The normalized spacial score (nSPS) is 14.7. The SMILES string of the molecule is O=C1CCCc2c1ccn2Cc1ccccn1. The topological polar surface area (TPSA) is 34.9 Å². The molecule has 17 heavy (non-hydrogen) atoms. The highest BCUT2D eigenvalue weighted by Gasteiger charge is 2.20. The number of carbonyl (C=O) groups excluding carboxylic acids is 1. The minimum absolute atomic E-state index is 0.283. The summed E-state index contributed by atoms with van der Waals surface area (Å²) in [7, 11) is 0. The van der Waals surface area contributed by atoms with Crippen LogP contribution < -0.4 is 0 Å². The summed E-state index contributed by atoms with van der Waals surface area (Å²) in [4.78, 5) is 16.0. The van der Waals surface area contributed by atoms with Crippen LogP contribution in [-0.4, -0.2) is 15.3 Å². The largest absolute Gasteiger partial charge is 0.345 e. The van der Waals surface area contributed by atoms with E-state index in [0.29, 0.717) is 6.42 Å². The number of ketones is 1. The monoisotopic (exact) mass is 226 g/mol. The number of pyridine rings is 1. The fraction of sp³-hybridized carbons (Fsp3) is 0.286. The lowest BCUT2D eigenvalue weighted by atomic mass is 9.97. The fourth-order valence-corrected chi connectivity index (χ4v) is 2.40. The summed E-state index contributed by atoms with van der Waals surface area (Å²) < 4.78 is 2.15. The van der Waals surface area contributed by atoms with Crippen LogP contribution in [0.4, 0.5) is 0 Å². The first-order valence-electron chi connectivity index (χ1n) is 5.96. The number of fused-ring (bicyclic) bond motifs is 1. The van der Waals surface area contributed by atoms with Gasteiger partial charge in [0.15, 0.2) is 5.78 Å². The summed E-state index contributed by atoms with van der Waals surface area (Å²) in [6, 6.07) is 7.86. The van der Waals surface area contributed by atoms with Crippen molar-refractivity contribution in [2.45, 2.75) is 25.8 Å². The van der Waals surface area contributed by atoms with E-state index < -0.39 is 0 Å². The van der Waals surface area contributed by atoms with Crippen LogP contribution in [0.1, 0.15) is 34.6 Å². The second-order valence-corrected chi connectivity index (χ2v) is 4.40. The molecule has 0 spiro atoms. The zero-order valence-corrected chi connectivity index (χ0v) is 9.60. The van der Waals surface area contributed by atoms with Gasteiger partial charge in [0, 0.05) is 30.1 Å². The average Bonchev–Trinajstić information content (AvgIpc) is 2.76. The summed E-state index contributed by atoms with van der Waals surface area (Å²) >= 11 is 0. The van der Waals surface area contributed by atoms with E-state index >= 15 is 0 Å². The number of carbonyl (C=O) groups is 1. The van der Waals surface area contributed by atoms with Gasteiger partial charge in [-0.15, -0.1) is 0 Å². The highest BCUT2D eigenvalue weighted by molar-refractivity contribution is 5.98. The van der Waals surface area contributed by atoms with Gasteiger partial charge in [-0.25, -0.2) is 0 Å². The van der Waals surface area contributed by atoms with Crippen LogP contribution in [0, 0.1) is 0 Å². The zero-order chi connectivity index (χ0) is 11.7. The quantitative estimate of drug-likeness (QED) is 0.788. The van der Waals surface area contributed by atoms with Crippen LogP contribution in [0.5, 0.6) is 0 Å². The van der Waals surface area contributed by atoms with Gasteiger partial charge in [-0.05, 0) is 31.0 Å². The molecule has 3 rings (SSSR count). The Morgan fingerprint density at radius 2 is 2.18 bits per heavy atom. The summed E-state index contributed by atoms with van der Waals surface area (Å²) in [5, 5.41) is 0. The lowest BCUT2D eigenvalue weighted by Crippen LogP contribution is -2.13. The number of rotatable bonds is 2. The van der Waals surface area contributed by atoms with E-state index in [-0.39, 0.29) is 5.78 Å². The molecule has 2 aromatic heterocycles. The van der Waals surface area contributed by atoms with Gasteiger partial charge >= 0.3 is 0 Å². The van der Waals surface area contributed by atoms with Crippen molar-refractivity contribution < 1.29 is 4.79 Å². The maximum absolute atomic E-state index is 11.7. The summed E-state index contributed by atoms with van der Waals surface area (Å²) in [6.45, 7) is 0.753. The second kappa shape index (κ2) is 4.17. The molecular formula is C14H14N2O. The molecular weight excluding hydrogens is 212 g/mol. The highest BCUT2D eigenvalue weighted by atomic mass is 16.1. The Morgan fingerprint density at radius 1 is 1.24 bits per heavy atom. The number of aromatic nitrogens is 2. The van der Waals surface area contributed by atoms with Gasteiger partial charge in [0.2, 0.25) is 0 Å².